The lowest BCUT2D eigenvalue weighted by Crippen LogP contribution is -2.06. The van der Waals surface area contributed by atoms with Gasteiger partial charge in [0, 0.05) is 5.03 Å². The topological polar surface area (TPSA) is 9.23 Å². The average Bonchev–Trinajstić information content (AvgIpc) is 2.36. The van der Waals surface area contributed by atoms with Crippen LogP contribution in [0.4, 0.5) is 0 Å². The van der Waals surface area contributed by atoms with Gasteiger partial charge in [0.25, 0.3) is 0 Å². The second-order valence-corrected chi connectivity index (χ2v) is 5.07. The summed E-state index contributed by atoms with van der Waals surface area (Å²) in [6.45, 7) is 4.93. The fraction of sp³-hybridized carbons (Fsp3) is 0.375. The smallest absolute Gasteiger partial charge is 0.119 e. The SMILES string of the molecule is CCOc1ccc(CC2=C(Cl)C=CCC2C)cc1. The van der Waals surface area contributed by atoms with Crippen molar-refractivity contribution < 1.29 is 4.74 Å². The van der Waals surface area contributed by atoms with Crippen molar-refractivity contribution in [2.45, 2.75) is 26.7 Å². The molecule has 0 heterocycles. The fourth-order valence-corrected chi connectivity index (χ4v) is 2.55. The Labute approximate surface area is 114 Å². The molecule has 0 saturated carbocycles. The minimum absolute atomic E-state index is 0.536. The molecule has 1 atom stereocenters. The lowest BCUT2D eigenvalue weighted by Gasteiger charge is -2.19. The van der Waals surface area contributed by atoms with E-state index in [9.17, 15) is 0 Å². The predicted molar refractivity (Wildman–Crippen MR) is 77.1 cm³/mol. The van der Waals surface area contributed by atoms with Gasteiger partial charge in [-0.1, -0.05) is 36.7 Å². The molecule has 0 aromatic heterocycles. The first-order chi connectivity index (χ1) is 8.70. The van der Waals surface area contributed by atoms with Crippen LogP contribution in [0.2, 0.25) is 0 Å². The number of ether oxygens (including phenoxy) is 1. The van der Waals surface area contributed by atoms with Crippen LogP contribution in [0, 0.1) is 5.92 Å². The van der Waals surface area contributed by atoms with Crippen LogP contribution >= 0.6 is 11.6 Å². The van der Waals surface area contributed by atoms with Gasteiger partial charge in [-0.05, 0) is 55.0 Å². The van der Waals surface area contributed by atoms with E-state index in [1.54, 1.807) is 0 Å². The Morgan fingerprint density at radius 1 is 1.28 bits per heavy atom. The number of allylic oxidation sites excluding steroid dienone is 4. The minimum atomic E-state index is 0.536. The van der Waals surface area contributed by atoms with E-state index in [0.717, 1.165) is 23.6 Å². The number of rotatable bonds is 4. The molecule has 0 N–H and O–H groups in total. The highest BCUT2D eigenvalue weighted by atomic mass is 35.5. The Bertz CT molecular complexity index is 456. The van der Waals surface area contributed by atoms with Gasteiger partial charge in [-0.25, -0.2) is 0 Å². The number of benzene rings is 1. The van der Waals surface area contributed by atoms with Crippen molar-refractivity contribution in [2.75, 3.05) is 6.61 Å². The van der Waals surface area contributed by atoms with Crippen LogP contribution in [0.25, 0.3) is 0 Å². The van der Waals surface area contributed by atoms with Crippen molar-refractivity contribution in [2.24, 2.45) is 5.92 Å². The van der Waals surface area contributed by atoms with E-state index in [1.807, 2.05) is 25.1 Å². The maximum Gasteiger partial charge on any atom is 0.119 e. The van der Waals surface area contributed by atoms with Crippen molar-refractivity contribution in [3.8, 4) is 5.75 Å². The standard InChI is InChI=1S/C16H19ClO/c1-3-18-14-9-7-13(8-10-14)11-15-12(2)5-4-6-16(15)17/h4,6-10,12H,3,5,11H2,1-2H3. The van der Waals surface area contributed by atoms with Crippen LogP contribution in [0.15, 0.2) is 47.0 Å². The molecule has 1 aliphatic carbocycles. The van der Waals surface area contributed by atoms with Gasteiger partial charge >= 0.3 is 0 Å². The van der Waals surface area contributed by atoms with Gasteiger partial charge in [-0.2, -0.15) is 0 Å². The molecule has 0 amide bonds. The third kappa shape index (κ3) is 3.17. The first-order valence-corrected chi connectivity index (χ1v) is 6.85. The van der Waals surface area contributed by atoms with Gasteiger partial charge in [-0.15, -0.1) is 0 Å². The molecule has 1 aromatic rings. The monoisotopic (exact) mass is 262 g/mol. The van der Waals surface area contributed by atoms with E-state index in [4.69, 9.17) is 16.3 Å². The maximum atomic E-state index is 6.28. The van der Waals surface area contributed by atoms with E-state index in [-0.39, 0.29) is 0 Å². The number of halogens is 1. The quantitative estimate of drug-likeness (QED) is 0.763. The molecular weight excluding hydrogens is 244 g/mol. The number of hydrogen-bond acceptors (Lipinski definition) is 1. The molecule has 0 fully saturated rings. The molecule has 1 aromatic carbocycles. The Kier molecular flexibility index (Phi) is 4.48. The van der Waals surface area contributed by atoms with Gasteiger partial charge in [0.05, 0.1) is 6.61 Å². The second-order valence-electron chi connectivity index (χ2n) is 4.67. The highest BCUT2D eigenvalue weighted by molar-refractivity contribution is 6.31. The van der Waals surface area contributed by atoms with Crippen LogP contribution in [0.1, 0.15) is 25.8 Å². The third-order valence-corrected chi connectivity index (χ3v) is 3.65. The molecule has 0 aliphatic heterocycles. The van der Waals surface area contributed by atoms with Crippen molar-refractivity contribution >= 4 is 11.6 Å². The van der Waals surface area contributed by atoms with E-state index >= 15 is 0 Å². The second kappa shape index (κ2) is 6.10. The summed E-state index contributed by atoms with van der Waals surface area (Å²) in [6, 6.07) is 8.29. The molecule has 0 bridgehead atoms. The first-order valence-electron chi connectivity index (χ1n) is 6.47. The Balaban J connectivity index is 2.11. The maximum absolute atomic E-state index is 6.28. The van der Waals surface area contributed by atoms with Gasteiger partial charge in [0.15, 0.2) is 0 Å². The molecule has 1 nitrogen and oxygen atoms in total. The first kappa shape index (κ1) is 13.2. The summed E-state index contributed by atoms with van der Waals surface area (Å²) in [5.74, 6) is 1.46. The summed E-state index contributed by atoms with van der Waals surface area (Å²) in [4.78, 5) is 0. The van der Waals surface area contributed by atoms with Crippen LogP contribution in [0.5, 0.6) is 5.75 Å². The Morgan fingerprint density at radius 3 is 2.61 bits per heavy atom. The average molecular weight is 263 g/mol. The minimum Gasteiger partial charge on any atom is -0.494 e. The van der Waals surface area contributed by atoms with Crippen molar-refractivity contribution in [1.29, 1.82) is 0 Å². The lowest BCUT2D eigenvalue weighted by atomic mass is 9.88. The summed E-state index contributed by atoms with van der Waals surface area (Å²) in [6.07, 6.45) is 6.18. The zero-order chi connectivity index (χ0) is 13.0. The van der Waals surface area contributed by atoms with Gasteiger partial charge in [0.1, 0.15) is 5.75 Å². The Morgan fingerprint density at radius 2 is 2.00 bits per heavy atom. The largest absolute Gasteiger partial charge is 0.494 e. The summed E-state index contributed by atoms with van der Waals surface area (Å²) in [5, 5.41) is 0.905. The molecule has 0 spiro atoms. The molecule has 1 unspecified atom stereocenters. The van der Waals surface area contributed by atoms with Crippen LogP contribution in [-0.4, -0.2) is 6.61 Å². The van der Waals surface area contributed by atoms with Gasteiger partial charge in [-0.3, -0.25) is 0 Å². The number of hydrogen-bond donors (Lipinski definition) is 0. The van der Waals surface area contributed by atoms with Crippen molar-refractivity contribution in [1.82, 2.24) is 0 Å². The molecule has 1 aliphatic rings. The van der Waals surface area contributed by atoms with Gasteiger partial charge < -0.3 is 4.74 Å². The highest BCUT2D eigenvalue weighted by Gasteiger charge is 2.15. The molecule has 2 heteroatoms. The fourth-order valence-electron chi connectivity index (χ4n) is 2.21. The van der Waals surface area contributed by atoms with Crippen LogP contribution in [0.3, 0.4) is 0 Å². The van der Waals surface area contributed by atoms with E-state index < -0.39 is 0 Å². The molecular formula is C16H19ClO. The normalized spacial score (nSPS) is 19.2. The summed E-state index contributed by atoms with van der Waals surface area (Å²) < 4.78 is 5.44. The summed E-state index contributed by atoms with van der Waals surface area (Å²) in [7, 11) is 0. The zero-order valence-electron chi connectivity index (χ0n) is 10.9. The highest BCUT2D eigenvalue weighted by Crippen LogP contribution is 2.30. The zero-order valence-corrected chi connectivity index (χ0v) is 11.7. The summed E-state index contributed by atoms with van der Waals surface area (Å²) in [5.41, 5.74) is 2.62. The van der Waals surface area contributed by atoms with Crippen LogP contribution in [-0.2, 0) is 6.42 Å². The third-order valence-electron chi connectivity index (χ3n) is 3.28. The lowest BCUT2D eigenvalue weighted by molar-refractivity contribution is 0.340. The van der Waals surface area contributed by atoms with Crippen molar-refractivity contribution in [3.63, 3.8) is 0 Å². The van der Waals surface area contributed by atoms with Gasteiger partial charge in [0.2, 0.25) is 0 Å². The molecule has 0 saturated heterocycles. The molecule has 0 radical (unpaired) electrons. The summed E-state index contributed by atoms with van der Waals surface area (Å²) >= 11 is 6.28. The van der Waals surface area contributed by atoms with E-state index in [0.29, 0.717) is 12.5 Å². The van der Waals surface area contributed by atoms with E-state index in [2.05, 4.69) is 25.1 Å². The van der Waals surface area contributed by atoms with Crippen LogP contribution < -0.4 is 4.74 Å². The Hall–Kier alpha value is -1.21. The molecule has 2 rings (SSSR count). The van der Waals surface area contributed by atoms with Crippen molar-refractivity contribution in [3.05, 3.63) is 52.6 Å². The predicted octanol–water partition coefficient (Wildman–Crippen LogP) is 4.72. The molecule has 18 heavy (non-hydrogen) atoms. The van der Waals surface area contributed by atoms with E-state index in [1.165, 1.54) is 11.1 Å². The molecule has 96 valence electrons.